The van der Waals surface area contributed by atoms with Gasteiger partial charge in [0.15, 0.2) is 0 Å². The Morgan fingerprint density at radius 1 is 1.00 bits per heavy atom. The average molecular weight is 419 g/mol. The largest absolute Gasteiger partial charge is 0.491 e. The predicted octanol–water partition coefficient (Wildman–Crippen LogP) is 4.04. The molecule has 0 aliphatic heterocycles. The normalized spacial score (nSPS) is 13.2. The van der Waals surface area contributed by atoms with E-state index >= 15 is 0 Å². The maximum atomic E-state index is 12.6. The van der Waals surface area contributed by atoms with Crippen molar-refractivity contribution >= 4 is 15.9 Å². The topological polar surface area (TPSA) is 84.5 Å². The molecule has 0 spiro atoms. The van der Waals surface area contributed by atoms with Gasteiger partial charge in [-0.15, -0.1) is 0 Å². The molecule has 0 saturated carbocycles. The summed E-state index contributed by atoms with van der Waals surface area (Å²) in [4.78, 5) is 12.7. The van der Waals surface area contributed by atoms with Gasteiger partial charge in [-0.05, 0) is 83.5 Å². The summed E-state index contributed by atoms with van der Waals surface area (Å²) < 4.78 is 33.0. The van der Waals surface area contributed by atoms with Gasteiger partial charge in [0, 0.05) is 11.1 Å². The van der Waals surface area contributed by atoms with Crippen LogP contribution in [0.25, 0.3) is 0 Å². The summed E-state index contributed by atoms with van der Waals surface area (Å²) >= 11 is 0. The zero-order valence-corrected chi connectivity index (χ0v) is 18.6. The van der Waals surface area contributed by atoms with Crippen molar-refractivity contribution in [1.29, 1.82) is 0 Å². The van der Waals surface area contributed by atoms with Crippen LogP contribution in [0.15, 0.2) is 53.4 Å². The summed E-state index contributed by atoms with van der Waals surface area (Å²) in [6.07, 6.45) is 0.0673. The Bertz CT molecular complexity index is 946. The van der Waals surface area contributed by atoms with Crippen LogP contribution in [-0.2, 0) is 10.0 Å². The van der Waals surface area contributed by atoms with E-state index in [-0.39, 0.29) is 22.9 Å². The summed E-state index contributed by atoms with van der Waals surface area (Å²) in [5.74, 6) is 0.472. The summed E-state index contributed by atoms with van der Waals surface area (Å²) in [6, 6.07) is 13.2. The van der Waals surface area contributed by atoms with Crippen LogP contribution >= 0.6 is 0 Å². The zero-order valence-electron chi connectivity index (χ0n) is 17.8. The van der Waals surface area contributed by atoms with E-state index in [0.717, 1.165) is 11.3 Å². The monoisotopic (exact) mass is 418 g/mol. The van der Waals surface area contributed by atoms with Gasteiger partial charge in [0.05, 0.1) is 17.0 Å². The maximum absolute atomic E-state index is 12.6. The SMILES string of the molecule is CC(C)Oc1cccc(C(C)NC(=O)c2ccc(S(=O)(=O)NC(C)(C)C)cc2)c1. The molecular weight excluding hydrogens is 388 g/mol. The van der Waals surface area contributed by atoms with Crippen molar-refractivity contribution in [3.05, 3.63) is 59.7 Å². The molecule has 6 nitrogen and oxygen atoms in total. The van der Waals surface area contributed by atoms with Crippen molar-refractivity contribution in [1.82, 2.24) is 10.0 Å². The van der Waals surface area contributed by atoms with Crippen molar-refractivity contribution < 1.29 is 17.9 Å². The minimum atomic E-state index is -3.64. The summed E-state index contributed by atoms with van der Waals surface area (Å²) in [7, 11) is -3.64. The van der Waals surface area contributed by atoms with Gasteiger partial charge in [0.25, 0.3) is 5.91 Å². The maximum Gasteiger partial charge on any atom is 0.251 e. The predicted molar refractivity (Wildman–Crippen MR) is 115 cm³/mol. The molecule has 1 amide bonds. The molecule has 158 valence electrons. The number of hydrogen-bond donors (Lipinski definition) is 2. The Morgan fingerprint density at radius 2 is 1.62 bits per heavy atom. The van der Waals surface area contributed by atoms with E-state index in [2.05, 4.69) is 10.0 Å². The molecule has 0 bridgehead atoms. The molecule has 0 saturated heterocycles. The standard InChI is InChI=1S/C22H30N2O4S/c1-15(2)28-19-9-7-8-18(14-19)16(3)23-21(25)17-10-12-20(13-11-17)29(26,27)24-22(4,5)6/h7-16,24H,1-6H3,(H,23,25). The van der Waals surface area contributed by atoms with Crippen molar-refractivity contribution in [3.8, 4) is 5.75 Å². The Morgan fingerprint density at radius 3 is 2.17 bits per heavy atom. The Hall–Kier alpha value is -2.38. The molecule has 2 rings (SSSR count). The quantitative estimate of drug-likeness (QED) is 0.711. The molecule has 0 heterocycles. The van der Waals surface area contributed by atoms with Crippen molar-refractivity contribution in [3.63, 3.8) is 0 Å². The lowest BCUT2D eigenvalue weighted by Gasteiger charge is -2.20. The van der Waals surface area contributed by atoms with Gasteiger partial charge in [-0.2, -0.15) is 0 Å². The molecule has 0 aliphatic rings. The fourth-order valence-corrected chi connectivity index (χ4v) is 4.16. The van der Waals surface area contributed by atoms with E-state index in [1.54, 1.807) is 20.8 Å². The second-order valence-electron chi connectivity index (χ2n) is 8.31. The van der Waals surface area contributed by atoms with Crippen LogP contribution < -0.4 is 14.8 Å². The van der Waals surface area contributed by atoms with Gasteiger partial charge in [0.1, 0.15) is 5.75 Å². The molecule has 0 radical (unpaired) electrons. The van der Waals surface area contributed by atoms with Crippen LogP contribution in [0.5, 0.6) is 5.75 Å². The van der Waals surface area contributed by atoms with Crippen LogP contribution in [0.2, 0.25) is 0 Å². The molecular formula is C22H30N2O4S. The number of benzene rings is 2. The fraction of sp³-hybridized carbons (Fsp3) is 0.409. The first-order valence-electron chi connectivity index (χ1n) is 9.59. The minimum absolute atomic E-state index is 0.0673. The second kappa shape index (κ2) is 8.97. The van der Waals surface area contributed by atoms with Crippen molar-refractivity contribution in [2.24, 2.45) is 0 Å². The van der Waals surface area contributed by atoms with Gasteiger partial charge in [-0.25, -0.2) is 13.1 Å². The number of ether oxygens (including phenoxy) is 1. The highest BCUT2D eigenvalue weighted by atomic mass is 32.2. The van der Waals surface area contributed by atoms with E-state index in [0.29, 0.717) is 5.56 Å². The van der Waals surface area contributed by atoms with Crippen molar-refractivity contribution in [2.75, 3.05) is 0 Å². The van der Waals surface area contributed by atoms with Crippen LogP contribution in [0.1, 0.15) is 63.5 Å². The molecule has 0 aromatic heterocycles. The van der Waals surface area contributed by atoms with Crippen LogP contribution in [-0.4, -0.2) is 26.0 Å². The van der Waals surface area contributed by atoms with Gasteiger partial charge in [-0.3, -0.25) is 4.79 Å². The van der Waals surface area contributed by atoms with Crippen LogP contribution in [0.4, 0.5) is 0 Å². The van der Waals surface area contributed by atoms with Crippen molar-refractivity contribution in [2.45, 2.75) is 64.1 Å². The first kappa shape index (κ1) is 22.9. The minimum Gasteiger partial charge on any atom is -0.491 e. The molecule has 2 aromatic carbocycles. The van der Waals surface area contributed by atoms with Gasteiger partial charge < -0.3 is 10.1 Å². The Balaban J connectivity index is 2.09. The van der Waals surface area contributed by atoms with Crippen LogP contribution in [0.3, 0.4) is 0 Å². The van der Waals surface area contributed by atoms with Gasteiger partial charge in [-0.1, -0.05) is 12.1 Å². The van der Waals surface area contributed by atoms with E-state index < -0.39 is 15.6 Å². The van der Waals surface area contributed by atoms with E-state index in [1.165, 1.54) is 24.3 Å². The zero-order chi connectivity index (χ0) is 21.8. The lowest BCUT2D eigenvalue weighted by molar-refractivity contribution is 0.0939. The highest BCUT2D eigenvalue weighted by Crippen LogP contribution is 2.21. The third-order valence-corrected chi connectivity index (χ3v) is 5.72. The van der Waals surface area contributed by atoms with E-state index in [1.807, 2.05) is 45.0 Å². The molecule has 1 unspecified atom stereocenters. The molecule has 29 heavy (non-hydrogen) atoms. The summed E-state index contributed by atoms with van der Waals surface area (Å²) in [5, 5.41) is 2.93. The fourth-order valence-electron chi connectivity index (χ4n) is 2.74. The Labute approximate surface area is 173 Å². The third-order valence-electron chi connectivity index (χ3n) is 3.94. The first-order chi connectivity index (χ1) is 13.4. The lowest BCUT2D eigenvalue weighted by Crippen LogP contribution is -2.40. The highest BCUT2D eigenvalue weighted by Gasteiger charge is 2.22. The molecule has 0 aliphatic carbocycles. The molecule has 2 N–H and O–H groups in total. The smallest absolute Gasteiger partial charge is 0.251 e. The molecule has 0 fully saturated rings. The number of carbonyl (C=O) groups is 1. The van der Waals surface area contributed by atoms with E-state index in [9.17, 15) is 13.2 Å². The van der Waals surface area contributed by atoms with Crippen LogP contribution in [0, 0.1) is 0 Å². The molecule has 1 atom stereocenters. The summed E-state index contributed by atoms with van der Waals surface area (Å²) in [5.41, 5.74) is 0.726. The highest BCUT2D eigenvalue weighted by molar-refractivity contribution is 7.89. The third kappa shape index (κ3) is 6.87. The van der Waals surface area contributed by atoms with Gasteiger partial charge in [0.2, 0.25) is 10.0 Å². The molecule has 2 aromatic rings. The Kier molecular flexibility index (Phi) is 7.08. The van der Waals surface area contributed by atoms with E-state index in [4.69, 9.17) is 4.74 Å². The number of hydrogen-bond acceptors (Lipinski definition) is 4. The number of nitrogens with one attached hydrogen (secondary N) is 2. The second-order valence-corrected chi connectivity index (χ2v) is 10.00. The van der Waals surface area contributed by atoms with Gasteiger partial charge >= 0.3 is 0 Å². The number of carbonyl (C=O) groups excluding carboxylic acids is 1. The molecule has 7 heteroatoms. The number of rotatable bonds is 7. The first-order valence-corrected chi connectivity index (χ1v) is 11.1. The number of sulfonamides is 1. The number of amides is 1. The average Bonchev–Trinajstić information content (AvgIpc) is 2.59. The summed E-state index contributed by atoms with van der Waals surface area (Å²) in [6.45, 7) is 11.1. The lowest BCUT2D eigenvalue weighted by atomic mass is 10.1.